The zero-order valence-electron chi connectivity index (χ0n) is 17.6. The van der Waals surface area contributed by atoms with Crippen molar-refractivity contribution in [2.45, 2.75) is 37.1 Å². The predicted molar refractivity (Wildman–Crippen MR) is 121 cm³/mol. The van der Waals surface area contributed by atoms with Crippen molar-refractivity contribution in [1.29, 1.82) is 0 Å². The quantitative estimate of drug-likeness (QED) is 0.449. The molecule has 0 unspecified atom stereocenters. The highest BCUT2D eigenvalue weighted by atomic mass is 32.2. The zero-order valence-corrected chi connectivity index (χ0v) is 18.5. The van der Waals surface area contributed by atoms with E-state index >= 15 is 0 Å². The number of thioether (sulfide) groups is 1. The number of benzene rings is 1. The van der Waals surface area contributed by atoms with Crippen molar-refractivity contribution >= 4 is 23.6 Å². The highest BCUT2D eigenvalue weighted by Gasteiger charge is 2.24. The molecule has 3 N–H and O–H groups in total. The van der Waals surface area contributed by atoms with E-state index in [1.54, 1.807) is 23.0 Å². The maximum Gasteiger partial charge on any atom is 0.230 e. The summed E-state index contributed by atoms with van der Waals surface area (Å²) in [6.07, 6.45) is 2.62. The van der Waals surface area contributed by atoms with E-state index in [4.69, 9.17) is 10.2 Å². The van der Waals surface area contributed by atoms with Crippen LogP contribution in [-0.4, -0.2) is 56.4 Å². The van der Waals surface area contributed by atoms with Gasteiger partial charge in [0.25, 0.3) is 0 Å². The lowest BCUT2D eigenvalue weighted by Crippen LogP contribution is -2.38. The first kappa shape index (κ1) is 22.1. The van der Waals surface area contributed by atoms with E-state index < -0.39 is 5.91 Å². The third-order valence-electron chi connectivity index (χ3n) is 5.26. The lowest BCUT2D eigenvalue weighted by Gasteiger charge is -2.16. The van der Waals surface area contributed by atoms with Crippen molar-refractivity contribution in [3.8, 4) is 11.6 Å². The standard InChI is InChI=1S/C22H26N6O3S/c23-19(29)9-11-28-21(18-7-4-12-31-18)25-26-22(28)32-15-20(30)24-17-8-10-27(14-17)13-16-5-2-1-3-6-16/h1-7,12,17H,8-11,13-15H2,(H2,23,29)(H,24,30)/t17-/m0/s1. The van der Waals surface area contributed by atoms with Crippen LogP contribution in [0.15, 0.2) is 58.3 Å². The Morgan fingerprint density at radius 2 is 2.03 bits per heavy atom. The summed E-state index contributed by atoms with van der Waals surface area (Å²) in [5, 5.41) is 12.0. The summed E-state index contributed by atoms with van der Waals surface area (Å²) in [6, 6.07) is 14.0. The number of furan rings is 1. The fourth-order valence-electron chi connectivity index (χ4n) is 3.74. The van der Waals surface area contributed by atoms with Crippen LogP contribution in [0.25, 0.3) is 11.6 Å². The number of hydrogen-bond acceptors (Lipinski definition) is 7. The lowest BCUT2D eigenvalue weighted by molar-refractivity contribution is -0.119. The molecule has 10 heteroatoms. The number of nitrogens with one attached hydrogen (secondary N) is 1. The molecule has 32 heavy (non-hydrogen) atoms. The molecule has 1 saturated heterocycles. The molecule has 0 radical (unpaired) electrons. The molecule has 3 heterocycles. The summed E-state index contributed by atoms with van der Waals surface area (Å²) in [4.78, 5) is 26.2. The van der Waals surface area contributed by atoms with E-state index in [9.17, 15) is 9.59 Å². The highest BCUT2D eigenvalue weighted by Crippen LogP contribution is 2.25. The molecule has 0 aliphatic carbocycles. The topological polar surface area (TPSA) is 119 Å². The molecule has 0 saturated carbocycles. The monoisotopic (exact) mass is 454 g/mol. The fraction of sp³-hybridized carbons (Fsp3) is 0.364. The summed E-state index contributed by atoms with van der Waals surface area (Å²) in [6.45, 7) is 3.00. The Kier molecular flexibility index (Phi) is 7.23. The maximum absolute atomic E-state index is 12.5. The van der Waals surface area contributed by atoms with Gasteiger partial charge in [-0.1, -0.05) is 42.1 Å². The first-order chi connectivity index (χ1) is 15.6. The van der Waals surface area contributed by atoms with Crippen LogP contribution in [0.2, 0.25) is 0 Å². The van der Waals surface area contributed by atoms with Gasteiger partial charge in [0.15, 0.2) is 16.7 Å². The van der Waals surface area contributed by atoms with Crippen LogP contribution >= 0.6 is 11.8 Å². The summed E-state index contributed by atoms with van der Waals surface area (Å²) < 4.78 is 7.18. The van der Waals surface area contributed by atoms with Gasteiger partial charge in [-0.05, 0) is 24.1 Å². The molecule has 3 aromatic rings. The normalized spacial score (nSPS) is 16.3. The van der Waals surface area contributed by atoms with Gasteiger partial charge in [0, 0.05) is 38.6 Å². The maximum atomic E-state index is 12.5. The largest absolute Gasteiger partial charge is 0.461 e. The minimum absolute atomic E-state index is 0.0504. The Morgan fingerprint density at radius 1 is 1.19 bits per heavy atom. The van der Waals surface area contributed by atoms with Gasteiger partial charge >= 0.3 is 0 Å². The fourth-order valence-corrected chi connectivity index (χ4v) is 4.52. The number of rotatable bonds is 10. The van der Waals surface area contributed by atoms with Gasteiger partial charge in [0.05, 0.1) is 12.0 Å². The van der Waals surface area contributed by atoms with Gasteiger partial charge in [-0.3, -0.25) is 19.1 Å². The SMILES string of the molecule is NC(=O)CCn1c(SCC(=O)N[C@H]2CCN(Cc3ccccc3)C2)nnc1-c1ccco1. The molecule has 1 fully saturated rings. The van der Waals surface area contributed by atoms with Crippen LogP contribution in [0.5, 0.6) is 0 Å². The number of likely N-dealkylation sites (tertiary alicyclic amines) is 1. The Bertz CT molecular complexity index is 1040. The number of hydrogen-bond donors (Lipinski definition) is 2. The number of carbonyl (C=O) groups excluding carboxylic acids is 2. The minimum atomic E-state index is -0.418. The number of amides is 2. The molecule has 1 aliphatic rings. The van der Waals surface area contributed by atoms with Crippen molar-refractivity contribution in [3.05, 3.63) is 54.3 Å². The molecule has 4 rings (SSSR count). The molecule has 1 atom stereocenters. The molecule has 1 aliphatic heterocycles. The van der Waals surface area contributed by atoms with Gasteiger partial charge in [0.1, 0.15) is 0 Å². The first-order valence-corrected chi connectivity index (χ1v) is 11.5. The van der Waals surface area contributed by atoms with Crippen molar-refractivity contribution in [1.82, 2.24) is 25.0 Å². The smallest absolute Gasteiger partial charge is 0.230 e. The zero-order chi connectivity index (χ0) is 22.3. The van der Waals surface area contributed by atoms with E-state index in [0.29, 0.717) is 23.3 Å². The molecule has 9 nitrogen and oxygen atoms in total. The van der Waals surface area contributed by atoms with Crippen molar-refractivity contribution in [3.63, 3.8) is 0 Å². The highest BCUT2D eigenvalue weighted by molar-refractivity contribution is 7.99. The van der Waals surface area contributed by atoms with Gasteiger partial charge in [-0.25, -0.2) is 0 Å². The molecule has 2 amide bonds. The van der Waals surface area contributed by atoms with E-state index in [2.05, 4.69) is 32.5 Å². The second-order valence-corrected chi connectivity index (χ2v) is 8.66. The Morgan fingerprint density at radius 3 is 2.78 bits per heavy atom. The number of nitrogens with two attached hydrogens (primary N) is 1. The molecule has 1 aromatic carbocycles. The average molecular weight is 455 g/mol. The predicted octanol–water partition coefficient (Wildman–Crippen LogP) is 1.90. The molecular formula is C22H26N6O3S. The van der Waals surface area contributed by atoms with Gasteiger partial charge in [-0.2, -0.15) is 0 Å². The first-order valence-electron chi connectivity index (χ1n) is 10.5. The van der Waals surface area contributed by atoms with Crippen LogP contribution in [0, 0.1) is 0 Å². The van der Waals surface area contributed by atoms with Gasteiger partial charge in [0.2, 0.25) is 11.8 Å². The van der Waals surface area contributed by atoms with E-state index in [-0.39, 0.29) is 24.1 Å². The lowest BCUT2D eigenvalue weighted by atomic mass is 10.2. The van der Waals surface area contributed by atoms with Crippen molar-refractivity contribution in [2.75, 3.05) is 18.8 Å². The van der Waals surface area contributed by atoms with Crippen LogP contribution in [0.3, 0.4) is 0 Å². The molecule has 0 spiro atoms. The summed E-state index contributed by atoms with van der Waals surface area (Å²) in [5.74, 6) is 0.793. The third-order valence-corrected chi connectivity index (χ3v) is 6.23. The summed E-state index contributed by atoms with van der Waals surface area (Å²) >= 11 is 1.28. The molecular weight excluding hydrogens is 428 g/mol. The van der Waals surface area contributed by atoms with Crippen molar-refractivity contribution < 1.29 is 14.0 Å². The minimum Gasteiger partial charge on any atom is -0.461 e. The van der Waals surface area contributed by atoms with E-state index in [1.807, 2.05) is 18.2 Å². The van der Waals surface area contributed by atoms with Crippen LogP contribution in [0.1, 0.15) is 18.4 Å². The van der Waals surface area contributed by atoms with Crippen LogP contribution in [-0.2, 0) is 22.7 Å². The van der Waals surface area contributed by atoms with Crippen molar-refractivity contribution in [2.24, 2.45) is 5.73 Å². The Hall–Kier alpha value is -3.11. The molecule has 0 bridgehead atoms. The van der Waals surface area contributed by atoms with Gasteiger partial charge in [-0.15, -0.1) is 10.2 Å². The van der Waals surface area contributed by atoms with Crippen LogP contribution in [0.4, 0.5) is 0 Å². The van der Waals surface area contributed by atoms with Gasteiger partial charge < -0.3 is 15.5 Å². The van der Waals surface area contributed by atoms with E-state index in [0.717, 1.165) is 26.1 Å². The number of primary amides is 1. The molecule has 2 aromatic heterocycles. The summed E-state index contributed by atoms with van der Waals surface area (Å²) in [7, 11) is 0. The Balaban J connectivity index is 1.30. The number of carbonyl (C=O) groups is 2. The second-order valence-electron chi connectivity index (χ2n) is 7.71. The Labute approximate surface area is 190 Å². The van der Waals surface area contributed by atoms with Crippen LogP contribution < -0.4 is 11.1 Å². The van der Waals surface area contributed by atoms with E-state index in [1.165, 1.54) is 17.3 Å². The number of aromatic nitrogens is 3. The number of nitrogens with zero attached hydrogens (tertiary/aromatic N) is 4. The second kappa shape index (κ2) is 10.5. The summed E-state index contributed by atoms with van der Waals surface area (Å²) in [5.41, 5.74) is 6.59. The molecule has 168 valence electrons. The average Bonchev–Trinajstić information content (AvgIpc) is 3.53. The third kappa shape index (κ3) is 5.77.